The van der Waals surface area contributed by atoms with E-state index in [0.29, 0.717) is 0 Å². The van der Waals surface area contributed by atoms with Crippen LogP contribution in [0.5, 0.6) is 0 Å². The predicted molar refractivity (Wildman–Crippen MR) is 63.7 cm³/mol. The first-order valence-corrected chi connectivity index (χ1v) is 5.27. The molecule has 0 aliphatic rings. The van der Waals surface area contributed by atoms with E-state index in [4.69, 9.17) is 4.74 Å². The lowest BCUT2D eigenvalue weighted by molar-refractivity contribution is -0.153. The number of pyridine rings is 1. The number of esters is 1. The second-order valence-corrected chi connectivity index (χ2v) is 4.45. The maximum Gasteiger partial charge on any atom is 0.310 e. The van der Waals surface area contributed by atoms with Crippen molar-refractivity contribution in [3.05, 3.63) is 36.2 Å². The molecule has 0 saturated carbocycles. The van der Waals surface area contributed by atoms with Gasteiger partial charge in [0, 0.05) is 6.20 Å². The topological polar surface area (TPSA) is 39.2 Å². The van der Waals surface area contributed by atoms with Crippen LogP contribution in [0.1, 0.15) is 32.9 Å². The van der Waals surface area contributed by atoms with E-state index < -0.39 is 5.60 Å². The van der Waals surface area contributed by atoms with Gasteiger partial charge in [-0.25, -0.2) is 0 Å². The monoisotopic (exact) mass is 219 g/mol. The van der Waals surface area contributed by atoms with Crippen LogP contribution in [0.15, 0.2) is 30.5 Å². The number of rotatable bonds is 3. The highest BCUT2D eigenvalue weighted by molar-refractivity contribution is 5.72. The molecule has 0 bridgehead atoms. The third kappa shape index (κ3) is 5.29. The molecule has 0 fully saturated rings. The Hall–Kier alpha value is -1.64. The number of hydrogen-bond donors (Lipinski definition) is 0. The Bertz CT molecular complexity index is 363. The van der Waals surface area contributed by atoms with Gasteiger partial charge in [-0.05, 0) is 39.0 Å². The van der Waals surface area contributed by atoms with Crippen molar-refractivity contribution in [3.63, 3.8) is 0 Å². The number of carbonyl (C=O) groups excluding carboxylic acids is 1. The number of nitrogens with zero attached hydrogens (tertiary/aromatic N) is 1. The fourth-order valence-corrected chi connectivity index (χ4v) is 1.13. The van der Waals surface area contributed by atoms with Crippen LogP contribution >= 0.6 is 0 Å². The van der Waals surface area contributed by atoms with Gasteiger partial charge in [-0.15, -0.1) is 0 Å². The summed E-state index contributed by atoms with van der Waals surface area (Å²) in [5.41, 5.74) is 0.418. The predicted octanol–water partition coefficient (Wildman–Crippen LogP) is 2.83. The van der Waals surface area contributed by atoms with Crippen LogP contribution in [0, 0.1) is 0 Å². The van der Waals surface area contributed by atoms with E-state index in [2.05, 4.69) is 4.98 Å². The Morgan fingerprint density at radius 3 is 2.75 bits per heavy atom. The van der Waals surface area contributed by atoms with Gasteiger partial charge in [0.2, 0.25) is 0 Å². The average Bonchev–Trinajstić information content (AvgIpc) is 2.16. The van der Waals surface area contributed by atoms with Gasteiger partial charge in [-0.3, -0.25) is 9.78 Å². The molecule has 0 radical (unpaired) electrons. The van der Waals surface area contributed by atoms with E-state index in [1.807, 2.05) is 45.0 Å². The highest BCUT2D eigenvalue weighted by Gasteiger charge is 2.14. The Morgan fingerprint density at radius 2 is 2.19 bits per heavy atom. The molecule has 16 heavy (non-hydrogen) atoms. The molecule has 3 heteroatoms. The molecule has 1 aromatic rings. The van der Waals surface area contributed by atoms with Crippen LogP contribution < -0.4 is 0 Å². The van der Waals surface area contributed by atoms with Crippen molar-refractivity contribution in [1.82, 2.24) is 4.98 Å². The molecule has 0 unspecified atom stereocenters. The highest BCUT2D eigenvalue weighted by Crippen LogP contribution is 2.08. The maximum absolute atomic E-state index is 11.4. The molecule has 0 spiro atoms. The third-order valence-corrected chi connectivity index (χ3v) is 1.68. The first kappa shape index (κ1) is 12.4. The van der Waals surface area contributed by atoms with E-state index in [1.54, 1.807) is 12.3 Å². The zero-order chi connectivity index (χ0) is 12.0. The van der Waals surface area contributed by atoms with Crippen molar-refractivity contribution < 1.29 is 9.53 Å². The average molecular weight is 219 g/mol. The van der Waals surface area contributed by atoms with E-state index in [0.717, 1.165) is 5.69 Å². The lowest BCUT2D eigenvalue weighted by Crippen LogP contribution is -2.23. The molecule has 0 saturated heterocycles. The normalized spacial score (nSPS) is 11.7. The molecule has 0 atom stereocenters. The first-order valence-electron chi connectivity index (χ1n) is 5.27. The molecular formula is C13H17NO2. The standard InChI is InChI=1S/C13H17NO2/c1-13(2,3)16-12(15)9-6-8-11-7-4-5-10-14-11/h4-8,10H,9H2,1-3H3/b8-6+. The first-order chi connectivity index (χ1) is 7.47. The van der Waals surface area contributed by atoms with E-state index in [9.17, 15) is 4.79 Å². The largest absolute Gasteiger partial charge is 0.460 e. The molecule has 0 N–H and O–H groups in total. The van der Waals surface area contributed by atoms with Gasteiger partial charge >= 0.3 is 5.97 Å². The Labute approximate surface area is 96.2 Å². The summed E-state index contributed by atoms with van der Waals surface area (Å²) < 4.78 is 5.17. The van der Waals surface area contributed by atoms with Gasteiger partial charge in [0.05, 0.1) is 12.1 Å². The maximum atomic E-state index is 11.4. The van der Waals surface area contributed by atoms with Crippen LogP contribution in [0.3, 0.4) is 0 Å². The summed E-state index contributed by atoms with van der Waals surface area (Å²) in [6.07, 6.45) is 5.56. The molecule has 0 amide bonds. The molecule has 0 aliphatic heterocycles. The highest BCUT2D eigenvalue weighted by atomic mass is 16.6. The van der Waals surface area contributed by atoms with E-state index in [1.165, 1.54) is 0 Å². The Kier molecular flexibility index (Phi) is 4.23. The van der Waals surface area contributed by atoms with Gasteiger partial charge in [-0.2, -0.15) is 0 Å². The third-order valence-electron chi connectivity index (χ3n) is 1.68. The van der Waals surface area contributed by atoms with Gasteiger partial charge < -0.3 is 4.74 Å². The fourth-order valence-electron chi connectivity index (χ4n) is 1.13. The molecule has 1 heterocycles. The smallest absolute Gasteiger partial charge is 0.310 e. The second-order valence-electron chi connectivity index (χ2n) is 4.45. The summed E-state index contributed by atoms with van der Waals surface area (Å²) in [5, 5.41) is 0. The van der Waals surface area contributed by atoms with Crippen LogP contribution in [-0.4, -0.2) is 16.6 Å². The summed E-state index contributed by atoms with van der Waals surface area (Å²) in [7, 11) is 0. The molecule has 1 aromatic heterocycles. The van der Waals surface area contributed by atoms with E-state index >= 15 is 0 Å². The van der Waals surface area contributed by atoms with Crippen molar-refractivity contribution >= 4 is 12.0 Å². The quantitative estimate of drug-likeness (QED) is 0.734. The number of carbonyl (C=O) groups is 1. The Balaban J connectivity index is 2.41. The van der Waals surface area contributed by atoms with Crippen LogP contribution in [-0.2, 0) is 9.53 Å². The molecule has 3 nitrogen and oxygen atoms in total. The SMILES string of the molecule is CC(C)(C)OC(=O)C/C=C/c1ccccn1. The summed E-state index contributed by atoms with van der Waals surface area (Å²) in [6.45, 7) is 5.56. The van der Waals surface area contributed by atoms with Gasteiger partial charge in [0.25, 0.3) is 0 Å². The Morgan fingerprint density at radius 1 is 1.44 bits per heavy atom. The molecule has 1 rings (SSSR count). The van der Waals surface area contributed by atoms with Gasteiger partial charge in [0.15, 0.2) is 0 Å². The summed E-state index contributed by atoms with van der Waals surface area (Å²) in [4.78, 5) is 15.5. The van der Waals surface area contributed by atoms with Crippen LogP contribution in [0.4, 0.5) is 0 Å². The zero-order valence-corrected chi connectivity index (χ0v) is 9.93. The zero-order valence-electron chi connectivity index (χ0n) is 9.93. The molecule has 86 valence electrons. The van der Waals surface area contributed by atoms with Crippen LogP contribution in [0.2, 0.25) is 0 Å². The van der Waals surface area contributed by atoms with Crippen molar-refractivity contribution in [1.29, 1.82) is 0 Å². The number of aromatic nitrogens is 1. The van der Waals surface area contributed by atoms with Gasteiger partial charge in [0.1, 0.15) is 5.60 Å². The summed E-state index contributed by atoms with van der Waals surface area (Å²) in [5.74, 6) is -0.223. The van der Waals surface area contributed by atoms with Crippen molar-refractivity contribution in [2.75, 3.05) is 0 Å². The van der Waals surface area contributed by atoms with Crippen molar-refractivity contribution in [3.8, 4) is 0 Å². The summed E-state index contributed by atoms with van der Waals surface area (Å²) >= 11 is 0. The number of ether oxygens (including phenoxy) is 1. The van der Waals surface area contributed by atoms with Crippen LogP contribution in [0.25, 0.3) is 6.08 Å². The van der Waals surface area contributed by atoms with Crippen molar-refractivity contribution in [2.24, 2.45) is 0 Å². The number of hydrogen-bond acceptors (Lipinski definition) is 3. The van der Waals surface area contributed by atoms with Crippen molar-refractivity contribution in [2.45, 2.75) is 32.8 Å². The van der Waals surface area contributed by atoms with Gasteiger partial charge in [-0.1, -0.05) is 12.1 Å². The molecule has 0 aliphatic carbocycles. The minimum atomic E-state index is -0.421. The lowest BCUT2D eigenvalue weighted by atomic mass is 10.2. The molecule has 0 aromatic carbocycles. The second kappa shape index (κ2) is 5.45. The minimum Gasteiger partial charge on any atom is -0.460 e. The minimum absolute atomic E-state index is 0.223. The molecular weight excluding hydrogens is 202 g/mol. The lowest BCUT2D eigenvalue weighted by Gasteiger charge is -2.18. The fraction of sp³-hybridized carbons (Fsp3) is 0.385. The van der Waals surface area contributed by atoms with E-state index in [-0.39, 0.29) is 12.4 Å². The summed E-state index contributed by atoms with van der Waals surface area (Å²) in [6, 6.07) is 5.64.